The van der Waals surface area contributed by atoms with E-state index in [1.807, 2.05) is 13.8 Å². The number of hydrogen-bond acceptors (Lipinski definition) is 5. The Morgan fingerprint density at radius 1 is 1.11 bits per heavy atom. The minimum atomic E-state index is -0.722. The number of esters is 1. The van der Waals surface area contributed by atoms with Crippen LogP contribution < -0.4 is 5.43 Å². The summed E-state index contributed by atoms with van der Waals surface area (Å²) >= 11 is 0. The first kappa shape index (κ1) is 21.2. The molecule has 0 aromatic carbocycles. The van der Waals surface area contributed by atoms with Crippen molar-refractivity contribution in [2.75, 3.05) is 26.7 Å². The van der Waals surface area contributed by atoms with Crippen molar-refractivity contribution in [3.05, 3.63) is 33.7 Å². The molecule has 1 aromatic rings. The average molecular weight is 377 g/mol. The van der Waals surface area contributed by atoms with Gasteiger partial charge < -0.3 is 14.2 Å². The lowest BCUT2D eigenvalue weighted by Gasteiger charge is -2.43. The molecule has 0 radical (unpaired) electrons. The highest BCUT2D eigenvalue weighted by Crippen LogP contribution is 2.18. The molecule has 1 fully saturated rings. The van der Waals surface area contributed by atoms with E-state index in [4.69, 9.17) is 4.74 Å². The lowest BCUT2D eigenvalue weighted by atomic mass is 10.1. The molecule has 150 valence electrons. The van der Waals surface area contributed by atoms with E-state index in [2.05, 4.69) is 25.7 Å². The molecule has 0 bridgehead atoms. The number of nitrogens with zero attached hydrogens (tertiary/aromatic N) is 3. The number of piperazine rings is 1. The van der Waals surface area contributed by atoms with Gasteiger partial charge in [0.1, 0.15) is 11.1 Å². The number of hydrogen-bond donors (Lipinski definition) is 0. The lowest BCUT2D eigenvalue weighted by Crippen LogP contribution is -2.57. The zero-order chi connectivity index (χ0) is 20.3. The molecule has 1 aliphatic heterocycles. The molecule has 1 aromatic heterocycles. The van der Waals surface area contributed by atoms with Crippen LogP contribution in [0.3, 0.4) is 0 Å². The van der Waals surface area contributed by atoms with Crippen LogP contribution in [0.4, 0.5) is 0 Å². The highest BCUT2D eigenvalue weighted by Gasteiger charge is 2.32. The van der Waals surface area contributed by atoms with Gasteiger partial charge in [0.05, 0.1) is 7.11 Å². The minimum absolute atomic E-state index is 0.00161. The Morgan fingerprint density at radius 2 is 1.74 bits per heavy atom. The maximum atomic E-state index is 13.1. The Hall–Kier alpha value is -2.15. The van der Waals surface area contributed by atoms with Crippen molar-refractivity contribution in [3.63, 3.8) is 0 Å². The van der Waals surface area contributed by atoms with E-state index in [-0.39, 0.29) is 29.1 Å². The zero-order valence-corrected chi connectivity index (χ0v) is 17.2. The Labute approximate surface area is 160 Å². The van der Waals surface area contributed by atoms with Crippen molar-refractivity contribution in [3.8, 4) is 0 Å². The molecule has 0 saturated carbocycles. The number of carbonyl (C=O) groups is 2. The summed E-state index contributed by atoms with van der Waals surface area (Å²) in [5.74, 6) is -1.04. The van der Waals surface area contributed by atoms with Crippen LogP contribution in [0, 0.1) is 0 Å². The quantitative estimate of drug-likeness (QED) is 0.736. The normalized spacial score (nSPS) is 18.2. The fourth-order valence-corrected chi connectivity index (χ4v) is 3.57. The third-order valence-electron chi connectivity index (χ3n) is 5.23. The molecule has 2 heterocycles. The molecule has 1 saturated heterocycles. The number of ether oxygens (including phenoxy) is 1. The summed E-state index contributed by atoms with van der Waals surface area (Å²) in [5, 5.41) is 0. The highest BCUT2D eigenvalue weighted by atomic mass is 16.5. The summed E-state index contributed by atoms with van der Waals surface area (Å²) < 4.78 is 6.43. The van der Waals surface area contributed by atoms with Gasteiger partial charge in [-0.2, -0.15) is 0 Å². The van der Waals surface area contributed by atoms with Crippen molar-refractivity contribution >= 4 is 11.9 Å². The first-order valence-electron chi connectivity index (χ1n) is 9.60. The maximum Gasteiger partial charge on any atom is 0.343 e. The Morgan fingerprint density at radius 3 is 2.26 bits per heavy atom. The largest absolute Gasteiger partial charge is 0.465 e. The van der Waals surface area contributed by atoms with Crippen LogP contribution in [-0.2, 0) is 4.74 Å². The van der Waals surface area contributed by atoms with E-state index in [1.165, 1.54) is 13.3 Å². The summed E-state index contributed by atoms with van der Waals surface area (Å²) in [7, 11) is 1.23. The average Bonchev–Trinajstić information content (AvgIpc) is 2.66. The first-order chi connectivity index (χ1) is 12.7. The third-order valence-corrected chi connectivity index (χ3v) is 5.23. The standard InChI is InChI=1S/C20H31N3O4/c1-7-15-10-21(8-9-23(15)14(4)5)19(25)16-11-22(13(2)3)12-17(18(16)24)20(26)27-6/h11-15H,7-10H2,1-6H3/t15-/m0/s1. The lowest BCUT2D eigenvalue weighted by molar-refractivity contribution is 0.0370. The second-order valence-corrected chi connectivity index (χ2v) is 7.59. The molecule has 1 amide bonds. The number of methoxy groups -OCH3 is 1. The molecule has 0 aliphatic carbocycles. The molecular weight excluding hydrogens is 346 g/mol. The second kappa shape index (κ2) is 8.69. The Kier molecular flexibility index (Phi) is 6.81. The van der Waals surface area contributed by atoms with Crippen molar-refractivity contribution in [1.82, 2.24) is 14.4 Å². The molecule has 0 N–H and O–H groups in total. The van der Waals surface area contributed by atoms with Gasteiger partial charge in [0, 0.05) is 50.2 Å². The van der Waals surface area contributed by atoms with Gasteiger partial charge in [0.15, 0.2) is 0 Å². The smallest absolute Gasteiger partial charge is 0.343 e. The van der Waals surface area contributed by atoms with E-state index in [1.54, 1.807) is 15.7 Å². The van der Waals surface area contributed by atoms with Gasteiger partial charge in [-0.05, 0) is 34.1 Å². The zero-order valence-electron chi connectivity index (χ0n) is 17.2. The predicted octanol–water partition coefficient (Wildman–Crippen LogP) is 2.16. The van der Waals surface area contributed by atoms with E-state index < -0.39 is 11.4 Å². The van der Waals surface area contributed by atoms with Crippen molar-refractivity contribution in [2.24, 2.45) is 0 Å². The number of amides is 1. The fourth-order valence-electron chi connectivity index (χ4n) is 3.57. The van der Waals surface area contributed by atoms with Crippen LogP contribution in [0.5, 0.6) is 0 Å². The molecular formula is C20H31N3O4. The van der Waals surface area contributed by atoms with Gasteiger partial charge in [-0.3, -0.25) is 14.5 Å². The van der Waals surface area contributed by atoms with E-state index in [0.717, 1.165) is 13.0 Å². The molecule has 0 spiro atoms. The maximum absolute atomic E-state index is 13.1. The minimum Gasteiger partial charge on any atom is -0.465 e. The van der Waals surface area contributed by atoms with E-state index in [0.29, 0.717) is 19.1 Å². The number of rotatable bonds is 5. The van der Waals surface area contributed by atoms with Crippen LogP contribution in [0.15, 0.2) is 17.2 Å². The molecule has 27 heavy (non-hydrogen) atoms. The van der Waals surface area contributed by atoms with Gasteiger partial charge in [-0.25, -0.2) is 4.79 Å². The van der Waals surface area contributed by atoms with Crippen LogP contribution in [0.2, 0.25) is 0 Å². The third kappa shape index (κ3) is 4.40. The van der Waals surface area contributed by atoms with Gasteiger partial charge in [0.2, 0.25) is 5.43 Å². The first-order valence-corrected chi connectivity index (χ1v) is 9.60. The van der Waals surface area contributed by atoms with Gasteiger partial charge in [0.25, 0.3) is 5.91 Å². The molecule has 1 atom stereocenters. The predicted molar refractivity (Wildman–Crippen MR) is 104 cm³/mol. The summed E-state index contributed by atoms with van der Waals surface area (Å²) in [4.78, 5) is 42.0. The summed E-state index contributed by atoms with van der Waals surface area (Å²) in [5.41, 5.74) is -0.646. The molecule has 2 rings (SSSR count). The summed E-state index contributed by atoms with van der Waals surface area (Å²) in [6.07, 6.45) is 3.94. The molecule has 1 aliphatic rings. The molecule has 7 heteroatoms. The summed E-state index contributed by atoms with van der Waals surface area (Å²) in [6.45, 7) is 12.2. The Balaban J connectivity index is 2.39. The van der Waals surface area contributed by atoms with Gasteiger partial charge >= 0.3 is 5.97 Å². The van der Waals surface area contributed by atoms with Crippen molar-refractivity contribution in [2.45, 2.75) is 59.2 Å². The van der Waals surface area contributed by atoms with Crippen LogP contribution in [0.1, 0.15) is 67.8 Å². The van der Waals surface area contributed by atoms with Gasteiger partial charge in [-0.15, -0.1) is 0 Å². The van der Waals surface area contributed by atoms with Crippen molar-refractivity contribution < 1.29 is 14.3 Å². The number of pyridine rings is 1. The summed E-state index contributed by atoms with van der Waals surface area (Å²) in [6, 6.07) is 0.675. The second-order valence-electron chi connectivity index (χ2n) is 7.59. The van der Waals surface area contributed by atoms with Crippen molar-refractivity contribution in [1.29, 1.82) is 0 Å². The van der Waals surface area contributed by atoms with Crippen LogP contribution in [-0.4, -0.2) is 65.1 Å². The number of carbonyl (C=O) groups excluding carboxylic acids is 2. The molecule has 7 nitrogen and oxygen atoms in total. The monoisotopic (exact) mass is 377 g/mol. The Bertz CT molecular complexity index is 754. The van der Waals surface area contributed by atoms with E-state index >= 15 is 0 Å². The topological polar surface area (TPSA) is 71.9 Å². The van der Waals surface area contributed by atoms with Gasteiger partial charge in [-0.1, -0.05) is 6.92 Å². The van der Waals surface area contributed by atoms with Crippen LogP contribution in [0.25, 0.3) is 0 Å². The van der Waals surface area contributed by atoms with E-state index in [9.17, 15) is 14.4 Å². The fraction of sp³-hybridized carbons (Fsp3) is 0.650. The number of aromatic nitrogens is 1. The van der Waals surface area contributed by atoms with Crippen LogP contribution >= 0.6 is 0 Å². The highest BCUT2D eigenvalue weighted by molar-refractivity contribution is 5.97. The SMILES string of the molecule is CC[C@H]1CN(C(=O)c2cn(C(C)C)cc(C(=O)OC)c2=O)CCN1C(C)C. The molecule has 0 unspecified atom stereocenters.